The van der Waals surface area contributed by atoms with Gasteiger partial charge in [-0.1, -0.05) is 23.7 Å². The van der Waals surface area contributed by atoms with E-state index in [9.17, 15) is 14.3 Å². The lowest BCUT2D eigenvalue weighted by molar-refractivity contribution is 0.0697. The van der Waals surface area contributed by atoms with E-state index in [1.54, 1.807) is 36.4 Å². The zero-order valence-corrected chi connectivity index (χ0v) is 24.3. The molecule has 1 saturated heterocycles. The first-order valence-corrected chi connectivity index (χ1v) is 14.7. The van der Waals surface area contributed by atoms with Gasteiger partial charge in [-0.2, -0.15) is 0 Å². The fourth-order valence-electron chi connectivity index (χ4n) is 6.40. The number of hydrogen-bond acceptors (Lipinski definition) is 6. The number of carbonyl (C=O) groups is 1. The van der Waals surface area contributed by atoms with Crippen molar-refractivity contribution in [1.29, 1.82) is 0 Å². The Hall–Kier alpha value is -4.28. The number of rotatable bonds is 10. The third-order valence-corrected chi connectivity index (χ3v) is 8.88. The molecule has 1 N–H and O–H groups in total. The lowest BCUT2D eigenvalue weighted by atomic mass is 10.1. The first-order valence-electron chi connectivity index (χ1n) is 14.4. The molecule has 1 aliphatic carbocycles. The van der Waals surface area contributed by atoms with Crippen LogP contribution in [0.15, 0.2) is 67.1 Å². The van der Waals surface area contributed by atoms with Crippen molar-refractivity contribution in [3.05, 3.63) is 106 Å². The molecule has 43 heavy (non-hydrogen) atoms. The summed E-state index contributed by atoms with van der Waals surface area (Å²) < 4.78 is 24.2. The number of hydrogen-bond donors (Lipinski definition) is 1. The molecule has 9 nitrogen and oxygen atoms in total. The van der Waals surface area contributed by atoms with Crippen LogP contribution in [0.1, 0.15) is 46.0 Å². The number of piperidine rings is 1. The molecule has 1 aliphatic heterocycles. The number of carboxylic acids is 1. The number of imidazole rings is 2. The van der Waals surface area contributed by atoms with Gasteiger partial charge in [-0.15, -0.1) is 0 Å². The molecule has 1 unspecified atom stereocenters. The van der Waals surface area contributed by atoms with Gasteiger partial charge in [0.2, 0.25) is 5.88 Å². The highest BCUT2D eigenvalue weighted by Crippen LogP contribution is 2.58. The first-order chi connectivity index (χ1) is 20.9. The Kier molecular flexibility index (Phi) is 7.10. The predicted molar refractivity (Wildman–Crippen MR) is 159 cm³/mol. The van der Waals surface area contributed by atoms with E-state index in [0.717, 1.165) is 47.9 Å². The number of halogens is 2. The number of carboxylic acid groups (broad SMARTS) is 1. The van der Waals surface area contributed by atoms with E-state index < -0.39 is 11.8 Å². The summed E-state index contributed by atoms with van der Waals surface area (Å²) in [7, 11) is 0. The average Bonchev–Trinajstić information content (AvgIpc) is 3.33. The van der Waals surface area contributed by atoms with E-state index in [0.29, 0.717) is 47.3 Å². The van der Waals surface area contributed by atoms with Crippen molar-refractivity contribution < 1.29 is 19.0 Å². The summed E-state index contributed by atoms with van der Waals surface area (Å²) in [5, 5.41) is 9.95. The van der Waals surface area contributed by atoms with Crippen LogP contribution in [-0.4, -0.2) is 53.2 Å². The van der Waals surface area contributed by atoms with E-state index in [1.807, 2.05) is 24.7 Å². The van der Waals surface area contributed by atoms with E-state index in [-0.39, 0.29) is 12.2 Å². The highest BCUT2D eigenvalue weighted by atomic mass is 35.5. The molecule has 220 valence electrons. The van der Waals surface area contributed by atoms with E-state index in [4.69, 9.17) is 26.3 Å². The monoisotopic (exact) mass is 600 g/mol. The van der Waals surface area contributed by atoms with Gasteiger partial charge in [-0.3, -0.25) is 4.90 Å². The fraction of sp³-hybridized carbons (Fsp3) is 0.312. The second-order valence-electron chi connectivity index (χ2n) is 11.3. The maximum Gasteiger partial charge on any atom is 0.335 e. The number of pyridine rings is 1. The molecular weight excluding hydrogens is 571 g/mol. The van der Waals surface area contributed by atoms with Crippen LogP contribution >= 0.6 is 11.6 Å². The number of nitrogens with zero attached hydrogens (tertiary/aromatic N) is 6. The molecule has 7 rings (SSSR count). The molecule has 11 heteroatoms. The van der Waals surface area contributed by atoms with Crippen molar-refractivity contribution in [3.8, 4) is 5.88 Å². The second kappa shape index (κ2) is 11.1. The number of aromatic carboxylic acids is 1. The topological polar surface area (TPSA) is 98.3 Å². The van der Waals surface area contributed by atoms with Crippen molar-refractivity contribution in [2.75, 3.05) is 13.1 Å². The Bertz CT molecular complexity index is 1830. The Balaban J connectivity index is 1.05. The quantitative estimate of drug-likeness (QED) is 0.222. The lowest BCUT2D eigenvalue weighted by Gasteiger charge is -2.20. The van der Waals surface area contributed by atoms with Crippen molar-refractivity contribution in [3.63, 3.8) is 0 Å². The highest BCUT2D eigenvalue weighted by Gasteiger charge is 2.57. The van der Waals surface area contributed by atoms with Crippen molar-refractivity contribution in [1.82, 2.24) is 29.0 Å². The number of aryl methyl sites for hydroxylation is 1. The summed E-state index contributed by atoms with van der Waals surface area (Å²) in [5.74, 6) is 1.39. The molecule has 2 fully saturated rings. The van der Waals surface area contributed by atoms with Gasteiger partial charge in [0.1, 0.15) is 18.2 Å². The van der Waals surface area contributed by atoms with Gasteiger partial charge in [0.25, 0.3) is 0 Å². The van der Waals surface area contributed by atoms with Crippen LogP contribution in [-0.2, 0) is 26.2 Å². The lowest BCUT2D eigenvalue weighted by Crippen LogP contribution is -2.26. The van der Waals surface area contributed by atoms with Crippen LogP contribution in [0.2, 0.25) is 5.02 Å². The predicted octanol–water partition coefficient (Wildman–Crippen LogP) is 5.61. The zero-order chi connectivity index (χ0) is 29.7. The Morgan fingerprint density at radius 1 is 1.09 bits per heavy atom. The van der Waals surface area contributed by atoms with Gasteiger partial charge in [-0.25, -0.2) is 24.1 Å². The van der Waals surface area contributed by atoms with Crippen molar-refractivity contribution in [2.45, 2.75) is 39.1 Å². The van der Waals surface area contributed by atoms with Crippen molar-refractivity contribution >= 4 is 28.6 Å². The van der Waals surface area contributed by atoms with E-state index in [1.165, 1.54) is 6.07 Å². The average molecular weight is 601 g/mol. The number of benzene rings is 2. The third-order valence-electron chi connectivity index (χ3n) is 8.65. The smallest absolute Gasteiger partial charge is 0.335 e. The second-order valence-corrected chi connectivity index (χ2v) is 11.7. The summed E-state index contributed by atoms with van der Waals surface area (Å²) >= 11 is 5.86. The molecule has 2 aromatic carbocycles. The van der Waals surface area contributed by atoms with Crippen LogP contribution in [0.3, 0.4) is 0 Å². The standard InChI is InChI=1S/C32H30ClFN6O3/c1-2-39-18-35-12-22(39)13-40-28-10-19(32(41)42)7-9-26(28)36-29(40)16-38-14-23-24(15-38)31(23)27-4-3-5-30(37-27)43-17-20-6-8-21(33)11-25(20)34/h3-12,18,23-24,31H,2,13-17H2,1H3,(H,41,42)/t23-,24+,31?. The normalized spacial score (nSPS) is 19.6. The number of fused-ring (bicyclic) bond motifs is 2. The minimum Gasteiger partial charge on any atom is -0.478 e. The molecule has 0 bridgehead atoms. The SMILES string of the molecule is CCn1cncc1Cn1c(CN2C[C@@H]3C(c4cccc(OCc5ccc(Cl)cc5F)n4)[C@@H]3C2)nc2ccc(C(=O)O)cc21. The minimum absolute atomic E-state index is 0.0821. The summed E-state index contributed by atoms with van der Waals surface area (Å²) in [6.45, 7) is 6.03. The summed E-state index contributed by atoms with van der Waals surface area (Å²) in [6, 6.07) is 15.4. The zero-order valence-electron chi connectivity index (χ0n) is 23.5. The number of likely N-dealkylation sites (tertiary alicyclic amines) is 1. The third kappa shape index (κ3) is 5.36. The molecule has 0 amide bonds. The number of ether oxygens (including phenoxy) is 1. The molecule has 0 spiro atoms. The summed E-state index contributed by atoms with van der Waals surface area (Å²) in [6.07, 6.45) is 3.67. The Morgan fingerprint density at radius 2 is 1.93 bits per heavy atom. The highest BCUT2D eigenvalue weighted by molar-refractivity contribution is 6.30. The van der Waals surface area contributed by atoms with Gasteiger partial charge in [0.05, 0.1) is 41.7 Å². The van der Waals surface area contributed by atoms with Crippen molar-refractivity contribution in [2.24, 2.45) is 11.8 Å². The molecule has 1 saturated carbocycles. The summed E-state index contributed by atoms with van der Waals surface area (Å²) in [5.41, 5.74) is 4.31. The maximum atomic E-state index is 14.2. The number of aromatic nitrogens is 5. The molecule has 5 aromatic rings. The largest absolute Gasteiger partial charge is 0.478 e. The van der Waals surface area contributed by atoms with Gasteiger partial charge in [-0.05, 0) is 55.2 Å². The molecule has 3 aromatic heterocycles. The Labute approximate surface area is 252 Å². The maximum absolute atomic E-state index is 14.2. The first kappa shape index (κ1) is 27.5. The minimum atomic E-state index is -0.958. The molecule has 4 heterocycles. The van der Waals surface area contributed by atoms with Crippen LogP contribution in [0.5, 0.6) is 5.88 Å². The van der Waals surface area contributed by atoms with Crippen LogP contribution < -0.4 is 4.74 Å². The molecule has 2 aliphatic rings. The van der Waals surface area contributed by atoms with Gasteiger partial charge in [0, 0.05) is 54.1 Å². The van der Waals surface area contributed by atoms with Crippen LogP contribution in [0.4, 0.5) is 4.39 Å². The molecule has 3 atom stereocenters. The van der Waals surface area contributed by atoms with Gasteiger partial charge >= 0.3 is 5.97 Å². The summed E-state index contributed by atoms with van der Waals surface area (Å²) in [4.78, 5) is 28.1. The van der Waals surface area contributed by atoms with Crippen LogP contribution in [0, 0.1) is 17.7 Å². The molecular formula is C32H30ClFN6O3. The van der Waals surface area contributed by atoms with Gasteiger partial charge < -0.3 is 19.0 Å². The van der Waals surface area contributed by atoms with Gasteiger partial charge in [0.15, 0.2) is 0 Å². The molecule has 0 radical (unpaired) electrons. The fourth-order valence-corrected chi connectivity index (χ4v) is 6.56. The van der Waals surface area contributed by atoms with E-state index in [2.05, 4.69) is 25.9 Å². The van der Waals surface area contributed by atoms with Crippen LogP contribution in [0.25, 0.3) is 11.0 Å². The van der Waals surface area contributed by atoms with E-state index >= 15 is 0 Å². The Morgan fingerprint density at radius 3 is 2.70 bits per heavy atom.